The number of amides is 2. The molecular weight excluding hydrogens is 332 g/mol. The van der Waals surface area contributed by atoms with Crippen LogP contribution in [0.1, 0.15) is 51.3 Å². The van der Waals surface area contributed by atoms with E-state index in [4.69, 9.17) is 0 Å². The predicted octanol–water partition coefficient (Wildman–Crippen LogP) is 0.605. The molecule has 3 rings (SSSR count). The number of piperazine rings is 1. The summed E-state index contributed by atoms with van der Waals surface area (Å²) in [6.07, 6.45) is 6.10. The molecule has 0 spiro atoms. The molecule has 1 aromatic rings. The van der Waals surface area contributed by atoms with Crippen LogP contribution in [-0.4, -0.2) is 75.4 Å². The Kier molecular flexibility index (Phi) is 6.24. The third-order valence-corrected chi connectivity index (χ3v) is 5.47. The average molecular weight is 362 g/mol. The molecule has 144 valence electrons. The van der Waals surface area contributed by atoms with Crippen LogP contribution in [0.25, 0.3) is 0 Å². The summed E-state index contributed by atoms with van der Waals surface area (Å²) in [6.45, 7) is 7.87. The molecule has 2 saturated heterocycles. The van der Waals surface area contributed by atoms with Gasteiger partial charge in [0.05, 0.1) is 24.2 Å². The Hall–Kier alpha value is -1.96. The van der Waals surface area contributed by atoms with Crippen molar-refractivity contribution < 1.29 is 9.59 Å². The first-order valence-corrected chi connectivity index (χ1v) is 9.82. The van der Waals surface area contributed by atoms with Crippen LogP contribution in [0, 0.1) is 0 Å². The second-order valence-electron chi connectivity index (χ2n) is 7.19. The SMILES string of the molecule is CCCc1cn(C2CCN(C(=O)CC3C(=O)NCCN3CC)CC2)nn1. The molecule has 1 N–H and O–H groups in total. The Balaban J connectivity index is 1.52. The minimum atomic E-state index is -0.328. The first-order valence-electron chi connectivity index (χ1n) is 9.82. The normalized spacial score (nSPS) is 22.5. The van der Waals surface area contributed by atoms with Crippen molar-refractivity contribution in [3.63, 3.8) is 0 Å². The monoisotopic (exact) mass is 362 g/mol. The number of hydrogen-bond acceptors (Lipinski definition) is 5. The quantitative estimate of drug-likeness (QED) is 0.801. The maximum atomic E-state index is 12.7. The maximum Gasteiger partial charge on any atom is 0.237 e. The van der Waals surface area contributed by atoms with Gasteiger partial charge in [-0.3, -0.25) is 14.5 Å². The van der Waals surface area contributed by atoms with Crippen LogP contribution in [0.2, 0.25) is 0 Å². The van der Waals surface area contributed by atoms with E-state index in [0.717, 1.165) is 44.5 Å². The van der Waals surface area contributed by atoms with E-state index in [-0.39, 0.29) is 24.3 Å². The smallest absolute Gasteiger partial charge is 0.237 e. The lowest BCUT2D eigenvalue weighted by atomic mass is 10.0. The minimum absolute atomic E-state index is 0.0209. The standard InChI is InChI=1S/C18H30N6O2/c1-3-5-14-13-24(21-20-14)15-6-9-23(10-7-15)17(25)12-16-18(26)19-8-11-22(16)4-2/h13,15-16H,3-12H2,1-2H3,(H,19,26). The zero-order chi connectivity index (χ0) is 18.5. The molecule has 1 atom stereocenters. The van der Waals surface area contributed by atoms with Crippen LogP contribution in [0.3, 0.4) is 0 Å². The van der Waals surface area contributed by atoms with Gasteiger partial charge < -0.3 is 10.2 Å². The number of aryl methyl sites for hydroxylation is 1. The molecule has 2 fully saturated rings. The van der Waals surface area contributed by atoms with Gasteiger partial charge in [0.2, 0.25) is 11.8 Å². The summed E-state index contributed by atoms with van der Waals surface area (Å²) in [5.74, 6) is 0.0571. The van der Waals surface area contributed by atoms with Crippen molar-refractivity contribution >= 4 is 11.8 Å². The molecule has 2 aliphatic heterocycles. The highest BCUT2D eigenvalue weighted by atomic mass is 16.2. The maximum absolute atomic E-state index is 12.7. The van der Waals surface area contributed by atoms with Gasteiger partial charge in [0.1, 0.15) is 0 Å². The Morgan fingerprint density at radius 2 is 2.04 bits per heavy atom. The lowest BCUT2D eigenvalue weighted by Crippen LogP contribution is -2.56. The summed E-state index contributed by atoms with van der Waals surface area (Å²) < 4.78 is 1.96. The van der Waals surface area contributed by atoms with Crippen LogP contribution < -0.4 is 5.32 Å². The lowest BCUT2D eigenvalue weighted by Gasteiger charge is -2.36. The van der Waals surface area contributed by atoms with E-state index in [9.17, 15) is 9.59 Å². The van der Waals surface area contributed by atoms with Crippen LogP contribution in [0.15, 0.2) is 6.20 Å². The molecule has 3 heterocycles. The second-order valence-corrected chi connectivity index (χ2v) is 7.19. The molecule has 8 heteroatoms. The summed E-state index contributed by atoms with van der Waals surface area (Å²) >= 11 is 0. The number of nitrogens with zero attached hydrogens (tertiary/aromatic N) is 5. The Morgan fingerprint density at radius 3 is 2.73 bits per heavy atom. The molecule has 2 amide bonds. The third kappa shape index (κ3) is 4.23. The number of piperidine rings is 1. The fourth-order valence-electron chi connectivity index (χ4n) is 3.90. The first kappa shape index (κ1) is 18.8. The number of hydrogen-bond donors (Lipinski definition) is 1. The van der Waals surface area contributed by atoms with Crippen molar-refractivity contribution in [2.24, 2.45) is 0 Å². The fourth-order valence-corrected chi connectivity index (χ4v) is 3.90. The molecule has 2 aliphatic rings. The van der Waals surface area contributed by atoms with Gasteiger partial charge in [-0.05, 0) is 25.8 Å². The summed E-state index contributed by atoms with van der Waals surface area (Å²) in [5, 5.41) is 11.4. The predicted molar refractivity (Wildman–Crippen MR) is 97.5 cm³/mol. The van der Waals surface area contributed by atoms with Gasteiger partial charge in [0.25, 0.3) is 0 Å². The summed E-state index contributed by atoms with van der Waals surface area (Å²) in [7, 11) is 0. The number of likely N-dealkylation sites (tertiary alicyclic amines) is 1. The third-order valence-electron chi connectivity index (χ3n) is 5.47. The van der Waals surface area contributed by atoms with Crippen LogP contribution in [0.5, 0.6) is 0 Å². The fraction of sp³-hybridized carbons (Fsp3) is 0.778. The van der Waals surface area contributed by atoms with E-state index < -0.39 is 0 Å². The zero-order valence-electron chi connectivity index (χ0n) is 15.9. The van der Waals surface area contributed by atoms with E-state index in [1.54, 1.807) is 0 Å². The van der Waals surface area contributed by atoms with Gasteiger partial charge in [-0.1, -0.05) is 25.5 Å². The zero-order valence-corrected chi connectivity index (χ0v) is 15.9. The number of carbonyl (C=O) groups excluding carboxylic acids is 2. The van der Waals surface area contributed by atoms with Gasteiger partial charge in [0, 0.05) is 32.4 Å². The summed E-state index contributed by atoms with van der Waals surface area (Å²) in [4.78, 5) is 28.8. The van der Waals surface area contributed by atoms with Crippen molar-refractivity contribution in [2.45, 2.75) is 58.0 Å². The average Bonchev–Trinajstić information content (AvgIpc) is 3.12. The van der Waals surface area contributed by atoms with E-state index >= 15 is 0 Å². The van der Waals surface area contributed by atoms with Crippen molar-refractivity contribution in [1.29, 1.82) is 0 Å². The van der Waals surface area contributed by atoms with Crippen LogP contribution in [-0.2, 0) is 16.0 Å². The molecule has 0 aromatic carbocycles. The first-order chi connectivity index (χ1) is 12.6. The van der Waals surface area contributed by atoms with Gasteiger partial charge in [-0.25, -0.2) is 4.68 Å². The van der Waals surface area contributed by atoms with Crippen molar-refractivity contribution in [1.82, 2.24) is 30.1 Å². The van der Waals surface area contributed by atoms with Crippen LogP contribution >= 0.6 is 0 Å². The molecule has 0 saturated carbocycles. The van der Waals surface area contributed by atoms with Crippen molar-refractivity contribution in [2.75, 3.05) is 32.7 Å². The molecule has 1 aromatic heterocycles. The van der Waals surface area contributed by atoms with Crippen molar-refractivity contribution in [3.8, 4) is 0 Å². The molecule has 26 heavy (non-hydrogen) atoms. The van der Waals surface area contributed by atoms with Gasteiger partial charge >= 0.3 is 0 Å². The highest BCUT2D eigenvalue weighted by Gasteiger charge is 2.33. The number of carbonyl (C=O) groups is 2. The Morgan fingerprint density at radius 1 is 1.27 bits per heavy atom. The van der Waals surface area contributed by atoms with Gasteiger partial charge in [0.15, 0.2) is 0 Å². The van der Waals surface area contributed by atoms with Gasteiger partial charge in [-0.2, -0.15) is 0 Å². The molecule has 1 unspecified atom stereocenters. The Labute approximate surface area is 154 Å². The van der Waals surface area contributed by atoms with E-state index in [1.165, 1.54) is 0 Å². The van der Waals surface area contributed by atoms with E-state index in [2.05, 4.69) is 27.5 Å². The number of aromatic nitrogens is 3. The summed E-state index contributed by atoms with van der Waals surface area (Å²) in [6, 6.07) is -0.0202. The second kappa shape index (κ2) is 8.62. The topological polar surface area (TPSA) is 83.4 Å². The van der Waals surface area contributed by atoms with E-state index in [0.29, 0.717) is 25.7 Å². The molecule has 8 nitrogen and oxygen atoms in total. The number of nitrogens with one attached hydrogen (secondary N) is 1. The molecule has 0 aliphatic carbocycles. The molecular formula is C18H30N6O2. The van der Waals surface area contributed by atoms with Gasteiger partial charge in [-0.15, -0.1) is 5.10 Å². The summed E-state index contributed by atoms with van der Waals surface area (Å²) in [5.41, 5.74) is 1.04. The van der Waals surface area contributed by atoms with E-state index in [1.807, 2.05) is 22.7 Å². The number of rotatable bonds is 6. The van der Waals surface area contributed by atoms with Crippen LogP contribution in [0.4, 0.5) is 0 Å². The lowest BCUT2D eigenvalue weighted by molar-refractivity contribution is -0.139. The highest BCUT2D eigenvalue weighted by Crippen LogP contribution is 2.23. The Bertz CT molecular complexity index is 623. The molecule has 0 radical (unpaired) electrons. The molecule has 0 bridgehead atoms. The largest absolute Gasteiger partial charge is 0.353 e. The van der Waals surface area contributed by atoms with Crippen molar-refractivity contribution in [3.05, 3.63) is 11.9 Å². The number of likely N-dealkylation sites (N-methyl/N-ethyl adjacent to an activating group) is 1. The minimum Gasteiger partial charge on any atom is -0.353 e. The highest BCUT2D eigenvalue weighted by molar-refractivity contribution is 5.88.